The minimum Gasteiger partial charge on any atom is -0.357 e. The topological polar surface area (TPSA) is 75.3 Å². The second kappa shape index (κ2) is 6.81. The first-order valence-electron chi connectivity index (χ1n) is 8.09. The van der Waals surface area contributed by atoms with Crippen molar-refractivity contribution in [3.05, 3.63) is 47.6 Å². The van der Waals surface area contributed by atoms with Gasteiger partial charge in [-0.3, -0.25) is 0 Å². The number of aromatic nitrogens is 2. The van der Waals surface area contributed by atoms with Crippen molar-refractivity contribution < 1.29 is 4.52 Å². The number of hydrogen-bond acceptors (Lipinski definition) is 4. The van der Waals surface area contributed by atoms with E-state index in [0.717, 1.165) is 19.0 Å². The van der Waals surface area contributed by atoms with Crippen LogP contribution in [0.1, 0.15) is 37.0 Å². The average Bonchev–Trinajstić information content (AvgIpc) is 3.26. The number of rotatable bonds is 6. The van der Waals surface area contributed by atoms with E-state index in [1.165, 1.54) is 18.4 Å². The summed E-state index contributed by atoms with van der Waals surface area (Å²) in [5.41, 5.74) is 1.65. The largest absolute Gasteiger partial charge is 0.357 e. The SMILES string of the molecule is CCNC(=NCc1nc(C)no1)NCC1(c2ccccc2)CC1. The molecule has 1 aliphatic carbocycles. The molecule has 1 aromatic carbocycles. The highest BCUT2D eigenvalue weighted by atomic mass is 16.5. The van der Waals surface area contributed by atoms with E-state index in [2.05, 4.69) is 63.0 Å². The van der Waals surface area contributed by atoms with Crippen LogP contribution in [0.25, 0.3) is 0 Å². The third kappa shape index (κ3) is 3.88. The molecular formula is C17H23N5O. The molecular weight excluding hydrogens is 290 g/mol. The van der Waals surface area contributed by atoms with Gasteiger partial charge < -0.3 is 15.2 Å². The molecule has 1 saturated carbocycles. The zero-order valence-corrected chi connectivity index (χ0v) is 13.7. The van der Waals surface area contributed by atoms with Crippen LogP contribution in [0.3, 0.4) is 0 Å². The summed E-state index contributed by atoms with van der Waals surface area (Å²) < 4.78 is 5.10. The lowest BCUT2D eigenvalue weighted by atomic mass is 9.96. The molecule has 6 heteroatoms. The zero-order chi connectivity index (χ0) is 16.1. The molecule has 0 amide bonds. The number of benzene rings is 1. The first-order valence-corrected chi connectivity index (χ1v) is 8.09. The Kier molecular flexibility index (Phi) is 4.60. The normalized spacial score (nSPS) is 16.2. The van der Waals surface area contributed by atoms with Crippen LogP contribution in [0.2, 0.25) is 0 Å². The van der Waals surface area contributed by atoms with Gasteiger partial charge in [0.2, 0.25) is 5.89 Å². The number of aliphatic imine (C=N–C) groups is 1. The summed E-state index contributed by atoms with van der Waals surface area (Å²) in [7, 11) is 0. The quantitative estimate of drug-likeness (QED) is 0.631. The van der Waals surface area contributed by atoms with E-state index >= 15 is 0 Å². The first-order chi connectivity index (χ1) is 11.2. The molecule has 2 N–H and O–H groups in total. The second-order valence-corrected chi connectivity index (χ2v) is 5.93. The predicted molar refractivity (Wildman–Crippen MR) is 89.2 cm³/mol. The summed E-state index contributed by atoms with van der Waals surface area (Å²) in [5.74, 6) is 1.95. The van der Waals surface area contributed by atoms with Crippen LogP contribution in [0, 0.1) is 6.92 Å². The van der Waals surface area contributed by atoms with Gasteiger partial charge in [0.05, 0.1) is 0 Å². The van der Waals surface area contributed by atoms with Gasteiger partial charge in [0.25, 0.3) is 0 Å². The Bertz CT molecular complexity index is 661. The van der Waals surface area contributed by atoms with Crippen molar-refractivity contribution in [3.63, 3.8) is 0 Å². The Hall–Kier alpha value is -2.37. The predicted octanol–water partition coefficient (Wildman–Crippen LogP) is 2.16. The van der Waals surface area contributed by atoms with Crippen molar-refractivity contribution in [1.29, 1.82) is 0 Å². The van der Waals surface area contributed by atoms with Crippen LogP contribution in [0.4, 0.5) is 0 Å². The van der Waals surface area contributed by atoms with Crippen molar-refractivity contribution in [3.8, 4) is 0 Å². The van der Waals surface area contributed by atoms with Crippen LogP contribution in [-0.4, -0.2) is 29.2 Å². The molecule has 3 rings (SSSR count). The maximum absolute atomic E-state index is 5.10. The smallest absolute Gasteiger partial charge is 0.248 e. The van der Waals surface area contributed by atoms with Crippen molar-refractivity contribution in [2.75, 3.05) is 13.1 Å². The zero-order valence-electron chi connectivity index (χ0n) is 13.7. The fourth-order valence-corrected chi connectivity index (χ4v) is 2.66. The van der Waals surface area contributed by atoms with E-state index in [9.17, 15) is 0 Å². The number of guanidine groups is 1. The first kappa shape index (κ1) is 15.5. The highest BCUT2D eigenvalue weighted by molar-refractivity contribution is 5.79. The fourth-order valence-electron chi connectivity index (χ4n) is 2.66. The van der Waals surface area contributed by atoms with E-state index in [1.54, 1.807) is 6.92 Å². The van der Waals surface area contributed by atoms with Crippen molar-refractivity contribution in [2.45, 2.75) is 38.6 Å². The van der Waals surface area contributed by atoms with Gasteiger partial charge in [0, 0.05) is 18.5 Å². The second-order valence-electron chi connectivity index (χ2n) is 5.93. The molecule has 0 atom stereocenters. The van der Waals surface area contributed by atoms with Crippen LogP contribution in [-0.2, 0) is 12.0 Å². The van der Waals surface area contributed by atoms with Gasteiger partial charge in [-0.15, -0.1) is 0 Å². The van der Waals surface area contributed by atoms with Crippen LogP contribution in [0.15, 0.2) is 39.8 Å². The summed E-state index contributed by atoms with van der Waals surface area (Å²) >= 11 is 0. The van der Waals surface area contributed by atoms with Gasteiger partial charge in [0.15, 0.2) is 11.8 Å². The molecule has 6 nitrogen and oxygen atoms in total. The minimum absolute atomic E-state index is 0.249. The molecule has 0 saturated heterocycles. The standard InChI is InChI=1S/C17H23N5O/c1-3-18-16(19-11-15-21-13(2)22-23-15)20-12-17(9-10-17)14-7-5-4-6-8-14/h4-8H,3,9-12H2,1-2H3,(H2,18,19,20). The lowest BCUT2D eigenvalue weighted by molar-refractivity contribution is 0.376. The van der Waals surface area contributed by atoms with E-state index in [1.807, 2.05) is 0 Å². The van der Waals surface area contributed by atoms with Gasteiger partial charge in [-0.25, -0.2) is 4.99 Å². The Balaban J connectivity index is 1.61. The molecule has 0 spiro atoms. The maximum atomic E-state index is 5.10. The van der Waals surface area contributed by atoms with E-state index in [-0.39, 0.29) is 5.41 Å². The molecule has 0 bridgehead atoms. The van der Waals surface area contributed by atoms with Gasteiger partial charge in [0.1, 0.15) is 6.54 Å². The molecule has 0 radical (unpaired) electrons. The molecule has 122 valence electrons. The fraction of sp³-hybridized carbons (Fsp3) is 0.471. The van der Waals surface area contributed by atoms with Crippen LogP contribution < -0.4 is 10.6 Å². The number of nitrogens with one attached hydrogen (secondary N) is 2. The third-order valence-corrected chi connectivity index (χ3v) is 4.12. The number of nitrogens with zero attached hydrogens (tertiary/aromatic N) is 3. The van der Waals surface area contributed by atoms with Crippen molar-refractivity contribution >= 4 is 5.96 Å². The summed E-state index contributed by atoms with van der Waals surface area (Å²) in [6.07, 6.45) is 2.43. The van der Waals surface area contributed by atoms with Crippen molar-refractivity contribution in [1.82, 2.24) is 20.8 Å². The van der Waals surface area contributed by atoms with E-state index in [0.29, 0.717) is 18.3 Å². The van der Waals surface area contributed by atoms with Crippen LogP contribution in [0.5, 0.6) is 0 Å². The number of hydrogen-bond donors (Lipinski definition) is 2. The lowest BCUT2D eigenvalue weighted by Gasteiger charge is -2.18. The molecule has 1 aromatic heterocycles. The molecule has 0 aliphatic heterocycles. The Morgan fingerprint density at radius 2 is 2.04 bits per heavy atom. The Morgan fingerprint density at radius 3 is 2.65 bits per heavy atom. The monoisotopic (exact) mass is 313 g/mol. The summed E-state index contributed by atoms with van der Waals surface area (Å²) in [6.45, 7) is 5.93. The molecule has 1 fully saturated rings. The van der Waals surface area contributed by atoms with Crippen molar-refractivity contribution in [2.24, 2.45) is 4.99 Å². The Labute approximate surface area is 136 Å². The Morgan fingerprint density at radius 1 is 1.26 bits per heavy atom. The minimum atomic E-state index is 0.249. The third-order valence-electron chi connectivity index (χ3n) is 4.12. The van der Waals surface area contributed by atoms with E-state index in [4.69, 9.17) is 4.52 Å². The molecule has 0 unspecified atom stereocenters. The van der Waals surface area contributed by atoms with Gasteiger partial charge >= 0.3 is 0 Å². The summed E-state index contributed by atoms with van der Waals surface area (Å²) in [4.78, 5) is 8.69. The van der Waals surface area contributed by atoms with E-state index < -0.39 is 0 Å². The lowest BCUT2D eigenvalue weighted by Crippen LogP contribution is -2.41. The summed E-state index contributed by atoms with van der Waals surface area (Å²) in [6, 6.07) is 10.7. The van der Waals surface area contributed by atoms with Gasteiger partial charge in [-0.1, -0.05) is 35.5 Å². The van der Waals surface area contributed by atoms with Crippen LogP contribution >= 0.6 is 0 Å². The van der Waals surface area contributed by atoms with Gasteiger partial charge in [-0.2, -0.15) is 4.98 Å². The number of aryl methyl sites for hydroxylation is 1. The van der Waals surface area contributed by atoms with Gasteiger partial charge in [-0.05, 0) is 32.3 Å². The highest BCUT2D eigenvalue weighted by Gasteiger charge is 2.43. The summed E-state index contributed by atoms with van der Waals surface area (Å²) in [5, 5.41) is 10.5. The highest BCUT2D eigenvalue weighted by Crippen LogP contribution is 2.47. The molecule has 1 aliphatic rings. The average molecular weight is 313 g/mol. The maximum Gasteiger partial charge on any atom is 0.248 e. The molecule has 2 aromatic rings. The molecule has 23 heavy (non-hydrogen) atoms. The molecule has 1 heterocycles.